The van der Waals surface area contributed by atoms with Crippen molar-refractivity contribution in [3.8, 4) is 0 Å². The number of hydrogen-bond donors (Lipinski definition) is 2. The molecule has 0 spiro atoms. The zero-order chi connectivity index (χ0) is 15.2. The van der Waals surface area contributed by atoms with Gasteiger partial charge in [0, 0.05) is 12.7 Å². The summed E-state index contributed by atoms with van der Waals surface area (Å²) < 4.78 is 0. The molecule has 1 saturated heterocycles. The van der Waals surface area contributed by atoms with Crippen LogP contribution < -0.4 is 5.32 Å². The maximum atomic E-state index is 12.0. The van der Waals surface area contributed by atoms with Crippen LogP contribution >= 0.6 is 0 Å². The molecule has 0 atom stereocenters. The first-order valence-corrected chi connectivity index (χ1v) is 6.96. The fraction of sp³-hybridized carbons (Fsp3) is 0.500. The molecule has 7 heteroatoms. The second-order valence-corrected chi connectivity index (χ2v) is 5.22. The van der Waals surface area contributed by atoms with Crippen molar-refractivity contribution in [1.82, 2.24) is 4.90 Å². The van der Waals surface area contributed by atoms with Crippen LogP contribution in [0.25, 0.3) is 0 Å². The van der Waals surface area contributed by atoms with E-state index in [9.17, 15) is 14.9 Å². The molecule has 7 nitrogen and oxygen atoms in total. The summed E-state index contributed by atoms with van der Waals surface area (Å²) in [7, 11) is 0. The topological polar surface area (TPSA) is 95.7 Å². The van der Waals surface area contributed by atoms with Crippen molar-refractivity contribution in [2.75, 3.05) is 31.6 Å². The van der Waals surface area contributed by atoms with Gasteiger partial charge < -0.3 is 10.4 Å². The maximum absolute atomic E-state index is 12.0. The largest absolute Gasteiger partial charge is 0.396 e. The highest BCUT2D eigenvalue weighted by Gasteiger charge is 2.21. The highest BCUT2D eigenvalue weighted by molar-refractivity contribution is 5.94. The number of carbonyl (C=O) groups is 1. The molecule has 114 valence electrons. The van der Waals surface area contributed by atoms with Gasteiger partial charge in [-0.25, -0.2) is 0 Å². The van der Waals surface area contributed by atoms with Crippen molar-refractivity contribution < 1.29 is 14.8 Å². The standard InChI is InChI=1S/C14H19N3O4/c18-10-11-5-7-16(8-6-11)9-14(19)15-12-3-1-2-4-13(12)17(20)21/h1-4,11,18H,5-10H2,(H,15,19). The van der Waals surface area contributed by atoms with Crippen molar-refractivity contribution in [3.63, 3.8) is 0 Å². The minimum absolute atomic E-state index is 0.107. The van der Waals surface area contributed by atoms with E-state index in [1.165, 1.54) is 12.1 Å². The quantitative estimate of drug-likeness (QED) is 0.629. The summed E-state index contributed by atoms with van der Waals surface area (Å²) >= 11 is 0. The Morgan fingerprint density at radius 1 is 1.38 bits per heavy atom. The number of nitrogens with one attached hydrogen (secondary N) is 1. The van der Waals surface area contributed by atoms with Crippen LogP contribution in [0.3, 0.4) is 0 Å². The molecule has 1 amide bonds. The maximum Gasteiger partial charge on any atom is 0.292 e. The second-order valence-electron chi connectivity index (χ2n) is 5.22. The van der Waals surface area contributed by atoms with Crippen molar-refractivity contribution in [1.29, 1.82) is 0 Å². The first-order chi connectivity index (χ1) is 10.1. The van der Waals surface area contributed by atoms with Gasteiger partial charge in [-0.05, 0) is 37.9 Å². The Kier molecular flexibility index (Phi) is 5.24. The Bertz CT molecular complexity index is 513. The van der Waals surface area contributed by atoms with Crippen LogP contribution in [0.15, 0.2) is 24.3 Å². The molecule has 1 aliphatic heterocycles. The van der Waals surface area contributed by atoms with Crippen LogP contribution in [-0.2, 0) is 4.79 Å². The highest BCUT2D eigenvalue weighted by atomic mass is 16.6. The molecular formula is C14H19N3O4. The van der Waals surface area contributed by atoms with E-state index in [1.54, 1.807) is 12.1 Å². The number of aliphatic hydroxyl groups is 1. The smallest absolute Gasteiger partial charge is 0.292 e. The number of likely N-dealkylation sites (tertiary alicyclic amines) is 1. The van der Waals surface area contributed by atoms with Crippen LogP contribution in [0, 0.1) is 16.0 Å². The van der Waals surface area contributed by atoms with E-state index < -0.39 is 4.92 Å². The van der Waals surface area contributed by atoms with Crippen LogP contribution in [0.5, 0.6) is 0 Å². The average molecular weight is 293 g/mol. The normalized spacial score (nSPS) is 16.6. The summed E-state index contributed by atoms with van der Waals surface area (Å²) in [6.45, 7) is 1.92. The first kappa shape index (κ1) is 15.4. The molecule has 1 aliphatic rings. The molecule has 0 aromatic heterocycles. The van der Waals surface area contributed by atoms with Gasteiger partial charge >= 0.3 is 0 Å². The average Bonchev–Trinajstić information content (AvgIpc) is 2.48. The zero-order valence-electron chi connectivity index (χ0n) is 11.7. The monoisotopic (exact) mass is 293 g/mol. The van der Waals surface area contributed by atoms with Gasteiger partial charge in [0.25, 0.3) is 5.69 Å². The number of piperidine rings is 1. The lowest BCUT2D eigenvalue weighted by Gasteiger charge is -2.30. The van der Waals surface area contributed by atoms with Crippen LogP contribution in [-0.4, -0.2) is 47.1 Å². The number of aliphatic hydroxyl groups excluding tert-OH is 1. The Hall–Kier alpha value is -1.99. The Balaban J connectivity index is 1.89. The number of para-hydroxylation sites is 2. The van der Waals surface area contributed by atoms with Gasteiger partial charge in [0.1, 0.15) is 5.69 Å². The molecule has 1 aromatic rings. The molecule has 0 unspecified atom stereocenters. The van der Waals surface area contributed by atoms with E-state index in [0.717, 1.165) is 25.9 Å². The highest BCUT2D eigenvalue weighted by Crippen LogP contribution is 2.23. The van der Waals surface area contributed by atoms with Crippen LogP contribution in [0.4, 0.5) is 11.4 Å². The Labute approximate surface area is 122 Å². The molecule has 1 fully saturated rings. The fourth-order valence-corrected chi connectivity index (χ4v) is 2.46. The molecule has 2 rings (SSSR count). The number of nitro groups is 1. The predicted octanol–water partition coefficient (Wildman–Crippen LogP) is 1.24. The molecule has 0 bridgehead atoms. The minimum Gasteiger partial charge on any atom is -0.396 e. The molecule has 2 N–H and O–H groups in total. The van der Waals surface area contributed by atoms with Gasteiger partial charge in [0.05, 0.1) is 11.5 Å². The van der Waals surface area contributed by atoms with E-state index in [2.05, 4.69) is 5.32 Å². The van der Waals surface area contributed by atoms with E-state index in [4.69, 9.17) is 5.11 Å². The van der Waals surface area contributed by atoms with Gasteiger partial charge in [0.15, 0.2) is 0 Å². The van der Waals surface area contributed by atoms with Gasteiger partial charge in [-0.15, -0.1) is 0 Å². The third kappa shape index (κ3) is 4.24. The van der Waals surface area contributed by atoms with E-state index >= 15 is 0 Å². The molecule has 0 aliphatic carbocycles. The van der Waals surface area contributed by atoms with E-state index in [0.29, 0.717) is 5.92 Å². The number of amides is 1. The summed E-state index contributed by atoms with van der Waals surface area (Å²) in [5, 5.41) is 22.6. The molecule has 0 saturated carbocycles. The molecular weight excluding hydrogens is 274 g/mol. The number of benzene rings is 1. The van der Waals surface area contributed by atoms with Gasteiger partial charge in [0.2, 0.25) is 5.91 Å². The van der Waals surface area contributed by atoms with E-state index in [1.807, 2.05) is 4.90 Å². The Morgan fingerprint density at radius 2 is 2.05 bits per heavy atom. The SMILES string of the molecule is O=C(CN1CCC(CO)CC1)Nc1ccccc1[N+](=O)[O-]. The number of anilines is 1. The fourth-order valence-electron chi connectivity index (χ4n) is 2.46. The summed E-state index contributed by atoms with van der Waals surface area (Å²) in [4.78, 5) is 24.3. The van der Waals surface area contributed by atoms with Gasteiger partial charge in [-0.3, -0.25) is 19.8 Å². The minimum atomic E-state index is -0.512. The number of hydrogen-bond acceptors (Lipinski definition) is 5. The van der Waals surface area contributed by atoms with Crippen molar-refractivity contribution in [2.24, 2.45) is 5.92 Å². The van der Waals surface area contributed by atoms with E-state index in [-0.39, 0.29) is 30.4 Å². The second kappa shape index (κ2) is 7.14. The molecule has 0 radical (unpaired) electrons. The lowest BCUT2D eigenvalue weighted by molar-refractivity contribution is -0.383. The summed E-state index contributed by atoms with van der Waals surface area (Å²) in [5.74, 6) is 0.0614. The summed E-state index contributed by atoms with van der Waals surface area (Å²) in [5.41, 5.74) is 0.114. The van der Waals surface area contributed by atoms with Gasteiger partial charge in [-0.1, -0.05) is 12.1 Å². The number of nitrogens with zero attached hydrogens (tertiary/aromatic N) is 2. The summed E-state index contributed by atoms with van der Waals surface area (Å²) in [6, 6.07) is 6.10. The Morgan fingerprint density at radius 3 is 2.67 bits per heavy atom. The van der Waals surface area contributed by atoms with Crippen molar-refractivity contribution >= 4 is 17.3 Å². The molecule has 1 aromatic carbocycles. The van der Waals surface area contributed by atoms with Crippen molar-refractivity contribution in [3.05, 3.63) is 34.4 Å². The third-order valence-electron chi connectivity index (χ3n) is 3.71. The molecule has 1 heterocycles. The number of rotatable bonds is 5. The first-order valence-electron chi connectivity index (χ1n) is 6.96. The number of carbonyl (C=O) groups excluding carboxylic acids is 1. The predicted molar refractivity (Wildman–Crippen MR) is 78.0 cm³/mol. The third-order valence-corrected chi connectivity index (χ3v) is 3.71. The van der Waals surface area contributed by atoms with Gasteiger partial charge in [-0.2, -0.15) is 0 Å². The van der Waals surface area contributed by atoms with Crippen LogP contribution in [0.2, 0.25) is 0 Å². The lowest BCUT2D eigenvalue weighted by atomic mass is 9.98. The zero-order valence-corrected chi connectivity index (χ0v) is 11.7. The lowest BCUT2D eigenvalue weighted by Crippen LogP contribution is -2.39. The molecule has 21 heavy (non-hydrogen) atoms. The number of nitro benzene ring substituents is 1. The van der Waals surface area contributed by atoms with Crippen molar-refractivity contribution in [2.45, 2.75) is 12.8 Å². The van der Waals surface area contributed by atoms with Crippen LogP contribution in [0.1, 0.15) is 12.8 Å². The summed E-state index contributed by atoms with van der Waals surface area (Å²) in [6.07, 6.45) is 1.74.